The van der Waals surface area contributed by atoms with Gasteiger partial charge in [-0.1, -0.05) is 12.8 Å². The molecule has 1 rings (SSSR count). The molecule has 6 nitrogen and oxygen atoms in total. The maximum atomic E-state index is 12.0. The molecule has 0 heterocycles. The van der Waals surface area contributed by atoms with Gasteiger partial charge in [0.25, 0.3) is 0 Å². The Morgan fingerprint density at radius 1 is 1.24 bits per heavy atom. The van der Waals surface area contributed by atoms with Gasteiger partial charge in [-0.3, -0.25) is 14.9 Å². The van der Waals surface area contributed by atoms with Gasteiger partial charge in [0.2, 0.25) is 5.91 Å². The molecule has 3 N–H and O–H groups in total. The average molecular weight is 316 g/mol. The largest absolute Gasteiger partial charge is 0.481 e. The summed E-state index contributed by atoms with van der Waals surface area (Å²) in [7, 11) is 0. The molecule has 1 fully saturated rings. The summed E-state index contributed by atoms with van der Waals surface area (Å²) < 4.78 is 0. The van der Waals surface area contributed by atoms with Crippen LogP contribution in [0.25, 0.3) is 0 Å². The Hall–Kier alpha value is -1.24. The van der Waals surface area contributed by atoms with Crippen molar-refractivity contribution in [2.45, 2.75) is 51.5 Å². The Bertz CT molecular complexity index is 394. The lowest BCUT2D eigenvalue weighted by molar-refractivity contribution is -0.140. The van der Waals surface area contributed by atoms with Crippen LogP contribution in [0.4, 0.5) is 4.79 Å². The molecule has 0 radical (unpaired) electrons. The maximum absolute atomic E-state index is 12.0. The van der Waals surface area contributed by atoms with E-state index < -0.39 is 23.3 Å². The van der Waals surface area contributed by atoms with Gasteiger partial charge in [-0.25, -0.2) is 4.79 Å². The van der Waals surface area contributed by atoms with Crippen molar-refractivity contribution >= 4 is 29.7 Å². The number of nitrogens with one attached hydrogen (secondary N) is 2. The molecule has 21 heavy (non-hydrogen) atoms. The van der Waals surface area contributed by atoms with Gasteiger partial charge in [-0.15, -0.1) is 0 Å². The van der Waals surface area contributed by atoms with Crippen LogP contribution in [-0.4, -0.2) is 41.1 Å². The van der Waals surface area contributed by atoms with Crippen LogP contribution in [-0.2, 0) is 9.59 Å². The van der Waals surface area contributed by atoms with Crippen molar-refractivity contribution in [3.8, 4) is 0 Å². The Balaban J connectivity index is 2.47. The molecule has 1 aliphatic rings. The number of amides is 3. The van der Waals surface area contributed by atoms with Gasteiger partial charge >= 0.3 is 12.0 Å². The van der Waals surface area contributed by atoms with Gasteiger partial charge < -0.3 is 10.4 Å². The van der Waals surface area contributed by atoms with E-state index in [1.807, 2.05) is 13.2 Å². The number of hydrogen-bond donors (Lipinski definition) is 3. The fourth-order valence-electron chi connectivity index (χ4n) is 2.92. The molecule has 0 aromatic rings. The van der Waals surface area contributed by atoms with Crippen molar-refractivity contribution in [3.05, 3.63) is 0 Å². The van der Waals surface area contributed by atoms with E-state index >= 15 is 0 Å². The number of aliphatic carboxylic acids is 1. The zero-order valence-corrected chi connectivity index (χ0v) is 13.4. The van der Waals surface area contributed by atoms with E-state index in [1.54, 1.807) is 11.8 Å². The molecule has 7 heteroatoms. The van der Waals surface area contributed by atoms with Gasteiger partial charge in [-0.2, -0.15) is 11.8 Å². The minimum atomic E-state index is -0.886. The molecule has 0 aromatic carbocycles. The van der Waals surface area contributed by atoms with E-state index in [1.165, 1.54) is 0 Å². The lowest BCUT2D eigenvalue weighted by atomic mass is 9.79. The highest BCUT2D eigenvalue weighted by Gasteiger charge is 2.38. The van der Waals surface area contributed by atoms with Gasteiger partial charge in [0.05, 0.1) is 6.42 Å². The Kier molecular flexibility index (Phi) is 7.01. The van der Waals surface area contributed by atoms with Crippen molar-refractivity contribution < 1.29 is 19.5 Å². The van der Waals surface area contributed by atoms with Crippen molar-refractivity contribution in [3.63, 3.8) is 0 Å². The zero-order valence-electron chi connectivity index (χ0n) is 12.6. The summed E-state index contributed by atoms with van der Waals surface area (Å²) in [5, 5.41) is 14.0. The summed E-state index contributed by atoms with van der Waals surface area (Å²) in [5.41, 5.74) is -0.485. The van der Waals surface area contributed by atoms with E-state index in [0.29, 0.717) is 0 Å². The van der Waals surface area contributed by atoms with Crippen molar-refractivity contribution in [1.82, 2.24) is 10.6 Å². The van der Waals surface area contributed by atoms with E-state index in [9.17, 15) is 14.4 Å². The third-order valence-electron chi connectivity index (χ3n) is 3.77. The Morgan fingerprint density at radius 2 is 1.86 bits per heavy atom. The monoisotopic (exact) mass is 316 g/mol. The number of rotatable bonds is 7. The van der Waals surface area contributed by atoms with E-state index in [0.717, 1.165) is 31.4 Å². The smallest absolute Gasteiger partial charge is 0.321 e. The second-order valence-electron chi connectivity index (χ2n) is 5.83. The highest BCUT2D eigenvalue weighted by atomic mass is 32.2. The predicted molar refractivity (Wildman–Crippen MR) is 82.3 cm³/mol. The van der Waals surface area contributed by atoms with Crippen LogP contribution in [0.1, 0.15) is 45.4 Å². The number of carbonyl (C=O) groups excluding carboxylic acids is 2. The standard InChI is InChI=1S/C14H24N2O4S/c1-10(9-21-2)15-13(20)16-11(17)7-14(8-12(18)19)5-3-4-6-14/h10H,3-9H2,1-2H3,(H,18,19)(H2,15,16,17,20). The maximum Gasteiger partial charge on any atom is 0.321 e. The molecule has 1 saturated carbocycles. The number of urea groups is 1. The first kappa shape index (κ1) is 17.8. The summed E-state index contributed by atoms with van der Waals surface area (Å²) in [6.07, 6.45) is 5.38. The lowest BCUT2D eigenvalue weighted by Gasteiger charge is -2.26. The summed E-state index contributed by atoms with van der Waals surface area (Å²) in [5.74, 6) is -0.514. The summed E-state index contributed by atoms with van der Waals surface area (Å²) >= 11 is 1.61. The van der Waals surface area contributed by atoms with E-state index in [2.05, 4.69) is 10.6 Å². The molecule has 1 aliphatic carbocycles. The van der Waals surface area contributed by atoms with Crippen LogP contribution in [0.5, 0.6) is 0 Å². The number of thioether (sulfide) groups is 1. The molecule has 0 bridgehead atoms. The molecular formula is C14H24N2O4S. The fraction of sp³-hybridized carbons (Fsp3) is 0.786. The number of carboxylic acids is 1. The van der Waals surface area contributed by atoms with Crippen LogP contribution < -0.4 is 10.6 Å². The molecule has 1 unspecified atom stereocenters. The van der Waals surface area contributed by atoms with Crippen LogP contribution in [0.2, 0.25) is 0 Å². The zero-order chi connectivity index (χ0) is 15.9. The van der Waals surface area contributed by atoms with Gasteiger partial charge in [0, 0.05) is 18.2 Å². The minimum absolute atomic E-state index is 0.00901. The molecule has 0 aliphatic heterocycles. The van der Waals surface area contributed by atoms with E-state index in [4.69, 9.17) is 5.11 Å². The SMILES string of the molecule is CSCC(C)NC(=O)NC(=O)CC1(CC(=O)O)CCCC1. The second-order valence-corrected chi connectivity index (χ2v) is 6.74. The van der Waals surface area contributed by atoms with E-state index in [-0.39, 0.29) is 18.9 Å². The van der Waals surface area contributed by atoms with Crippen LogP contribution >= 0.6 is 11.8 Å². The predicted octanol–water partition coefficient (Wildman–Crippen LogP) is 1.99. The van der Waals surface area contributed by atoms with Gasteiger partial charge in [-0.05, 0) is 31.4 Å². The average Bonchev–Trinajstić information content (AvgIpc) is 2.75. The second kappa shape index (κ2) is 8.26. The molecular weight excluding hydrogens is 292 g/mol. The first-order valence-corrected chi connectivity index (χ1v) is 8.57. The van der Waals surface area contributed by atoms with Crippen molar-refractivity contribution in [2.24, 2.45) is 5.41 Å². The Labute approximate surface area is 129 Å². The fourth-order valence-corrected chi connectivity index (χ4v) is 3.51. The number of hydrogen-bond acceptors (Lipinski definition) is 4. The minimum Gasteiger partial charge on any atom is -0.481 e. The van der Waals surface area contributed by atoms with Gasteiger partial charge in [0.15, 0.2) is 0 Å². The lowest BCUT2D eigenvalue weighted by Crippen LogP contribution is -2.45. The highest BCUT2D eigenvalue weighted by molar-refractivity contribution is 7.98. The highest BCUT2D eigenvalue weighted by Crippen LogP contribution is 2.43. The summed E-state index contributed by atoms with van der Waals surface area (Å²) in [4.78, 5) is 34.6. The normalized spacial score (nSPS) is 18.0. The van der Waals surface area contributed by atoms with Gasteiger partial charge in [0.1, 0.15) is 0 Å². The topological polar surface area (TPSA) is 95.5 Å². The number of carboxylic acid groups (broad SMARTS) is 1. The van der Waals surface area contributed by atoms with Crippen molar-refractivity contribution in [2.75, 3.05) is 12.0 Å². The van der Waals surface area contributed by atoms with Crippen LogP contribution in [0.3, 0.4) is 0 Å². The first-order valence-electron chi connectivity index (χ1n) is 7.18. The molecule has 1 atom stereocenters. The number of imide groups is 1. The summed E-state index contributed by atoms with van der Waals surface area (Å²) in [6.45, 7) is 1.86. The quantitative estimate of drug-likeness (QED) is 0.667. The molecule has 3 amide bonds. The molecule has 120 valence electrons. The van der Waals surface area contributed by atoms with Crippen molar-refractivity contribution in [1.29, 1.82) is 0 Å². The third-order valence-corrected chi connectivity index (χ3v) is 4.61. The third kappa shape index (κ3) is 6.37. The molecule has 0 saturated heterocycles. The van der Waals surface area contributed by atoms with Crippen LogP contribution in [0.15, 0.2) is 0 Å². The number of carbonyl (C=O) groups is 3. The first-order chi connectivity index (χ1) is 9.87. The van der Waals surface area contributed by atoms with Crippen LogP contribution in [0, 0.1) is 5.41 Å². The molecule has 0 aromatic heterocycles. The molecule has 0 spiro atoms. The Morgan fingerprint density at radius 3 is 2.38 bits per heavy atom. The summed E-state index contributed by atoms with van der Waals surface area (Å²) in [6, 6.07) is -0.530.